The van der Waals surface area contributed by atoms with Gasteiger partial charge in [0.25, 0.3) is 5.91 Å². The average Bonchev–Trinajstić information content (AvgIpc) is 1.42. The molecule has 532 valence electrons. The fourth-order valence-corrected chi connectivity index (χ4v) is 12.9. The first kappa shape index (κ1) is 74.2. The Kier molecular flexibility index (Phi) is 24.6. The van der Waals surface area contributed by atoms with Crippen molar-refractivity contribution in [3.63, 3.8) is 0 Å². The number of carboxylic acids is 2. The van der Waals surface area contributed by atoms with Gasteiger partial charge in [-0.15, -0.1) is 0 Å². The van der Waals surface area contributed by atoms with Crippen LogP contribution in [-0.4, -0.2) is 203 Å². The maximum Gasteiger partial charge on any atom is 0.326 e. The van der Waals surface area contributed by atoms with E-state index < -0.39 is 143 Å². The molecular weight excluding hydrogens is 1280 g/mol. The molecule has 100 heavy (non-hydrogen) atoms. The number of carbonyl (C=O) groups excluding carboxylic acids is 9. The summed E-state index contributed by atoms with van der Waals surface area (Å²) in [6.07, 6.45) is 2.19. The Hall–Kier alpha value is -10.0. The summed E-state index contributed by atoms with van der Waals surface area (Å²) in [4.78, 5) is 161. The van der Waals surface area contributed by atoms with Gasteiger partial charge in [0.1, 0.15) is 60.7 Å². The summed E-state index contributed by atoms with van der Waals surface area (Å²) in [5.74, 6) is -8.06. The van der Waals surface area contributed by atoms with E-state index in [-0.39, 0.29) is 83.4 Å². The lowest BCUT2D eigenvalue weighted by atomic mass is 9.85. The molecule has 12 atom stereocenters. The van der Waals surface area contributed by atoms with Gasteiger partial charge in [0, 0.05) is 63.3 Å². The second-order valence-electron chi connectivity index (χ2n) is 27.1. The number of benzene rings is 5. The van der Waals surface area contributed by atoms with E-state index in [0.717, 1.165) is 21.9 Å². The van der Waals surface area contributed by atoms with Crippen LogP contribution in [-0.2, 0) is 84.9 Å². The zero-order valence-electron chi connectivity index (χ0n) is 57.6. The predicted molar refractivity (Wildman–Crippen MR) is 370 cm³/mol. The van der Waals surface area contributed by atoms with Crippen LogP contribution in [0.15, 0.2) is 127 Å². The maximum atomic E-state index is 15.3. The van der Waals surface area contributed by atoms with Crippen LogP contribution in [0.1, 0.15) is 99.0 Å². The van der Waals surface area contributed by atoms with E-state index in [9.17, 15) is 48.6 Å². The molecule has 5 aromatic carbocycles. The number of amides is 9. The van der Waals surface area contributed by atoms with E-state index in [4.69, 9.17) is 9.47 Å². The first-order valence-corrected chi connectivity index (χ1v) is 33.9. The molecule has 12 rings (SSSR count). The number of likely N-dealkylation sites (N-methyl/N-ethyl adjacent to an activating group) is 2. The summed E-state index contributed by atoms with van der Waals surface area (Å²) in [7, 11) is 3.20. The zero-order chi connectivity index (χ0) is 72.1. The van der Waals surface area contributed by atoms with Crippen LogP contribution < -0.4 is 47.3 Å². The SMILES string of the molecule is CC[C@H](NC(=O)[C@H](C)NC)C(=O)N1C[C@@H]2CC1C(=O)N1Cc3ccccc3C[C@H]1C(=O)N[C@H](C(=O)O)Cc1ccc(cc1)C(=O)N[C@H]1C[C@@H](C(=O)N[C@@H](Cc3ccc4ccccc4c3)C(=O)N[C@H](C(=O)O)Cc3ccc(cc3)OC/C=C/CO2)N(C(=O)[C@@H](NC(=O)[C@H](C)NC)C(C)(C)C)C1. The first-order valence-electron chi connectivity index (χ1n) is 33.9. The number of aliphatic carboxylic acids is 2. The van der Waals surface area contributed by atoms with Gasteiger partial charge < -0.3 is 76.9 Å². The Morgan fingerprint density at radius 3 is 1.82 bits per heavy atom. The number of hydrogen-bond acceptors (Lipinski definition) is 15. The minimum absolute atomic E-state index is 0.00794. The normalized spacial score (nSPS) is 23.6. The van der Waals surface area contributed by atoms with Crippen LogP contribution in [0, 0.1) is 5.41 Å². The highest BCUT2D eigenvalue weighted by Gasteiger charge is 2.49. The average molecular weight is 1370 g/mol. The summed E-state index contributed by atoms with van der Waals surface area (Å²) >= 11 is 0. The molecule has 26 heteroatoms. The van der Waals surface area contributed by atoms with Gasteiger partial charge in [-0.05, 0) is 115 Å². The summed E-state index contributed by atoms with van der Waals surface area (Å²) < 4.78 is 12.3. The van der Waals surface area contributed by atoms with Gasteiger partial charge in [-0.1, -0.05) is 125 Å². The third kappa shape index (κ3) is 18.4. The van der Waals surface area contributed by atoms with E-state index in [1.165, 1.54) is 39.0 Å². The van der Waals surface area contributed by atoms with E-state index >= 15 is 14.4 Å². The van der Waals surface area contributed by atoms with Crippen molar-refractivity contribution in [2.24, 2.45) is 5.41 Å². The second kappa shape index (κ2) is 33.2. The van der Waals surface area contributed by atoms with Crippen molar-refractivity contribution in [1.29, 1.82) is 0 Å². The number of ether oxygens (including phenoxy) is 2. The van der Waals surface area contributed by atoms with Crippen LogP contribution in [0.25, 0.3) is 10.8 Å². The number of nitrogens with zero attached hydrogens (tertiary/aromatic N) is 3. The summed E-state index contributed by atoms with van der Waals surface area (Å²) in [5.41, 5.74) is 2.22. The quantitative estimate of drug-likeness (QED) is 0.0758. The fraction of sp³-hybridized carbons (Fsp3) is 0.446. The summed E-state index contributed by atoms with van der Waals surface area (Å²) in [5, 5.41) is 45.6. The molecule has 26 nitrogen and oxygen atoms in total. The molecular formula is C74H91N11O15. The highest BCUT2D eigenvalue weighted by atomic mass is 16.5. The molecule has 7 aliphatic heterocycles. The third-order valence-electron chi connectivity index (χ3n) is 19.0. The summed E-state index contributed by atoms with van der Waals surface area (Å²) in [6, 6.07) is 20.1. The summed E-state index contributed by atoms with van der Waals surface area (Å²) in [6.45, 7) is 10.0. The third-order valence-corrected chi connectivity index (χ3v) is 19.0. The van der Waals surface area contributed by atoms with E-state index in [0.29, 0.717) is 22.4 Å². The lowest BCUT2D eigenvalue weighted by molar-refractivity contribution is -0.151. The molecule has 0 aliphatic carbocycles. The van der Waals surface area contributed by atoms with Crippen LogP contribution in [0.3, 0.4) is 0 Å². The molecule has 2 saturated heterocycles. The highest BCUT2D eigenvalue weighted by molar-refractivity contribution is 5.99. The van der Waals surface area contributed by atoms with Gasteiger partial charge in [0.05, 0.1) is 24.8 Å². The number of fused-ring (bicyclic) bond motifs is 2. The Labute approximate surface area is 581 Å². The predicted octanol–water partition coefficient (Wildman–Crippen LogP) is 2.72. The van der Waals surface area contributed by atoms with Gasteiger partial charge in [-0.25, -0.2) is 9.59 Å². The van der Waals surface area contributed by atoms with Crippen LogP contribution in [0.4, 0.5) is 0 Å². The molecule has 7 aliphatic rings. The molecule has 9 amide bonds. The molecule has 2 fully saturated rings. The number of carbonyl (C=O) groups is 11. The molecule has 8 bridgehead atoms. The number of carboxylic acid groups (broad SMARTS) is 2. The van der Waals surface area contributed by atoms with Crippen LogP contribution >= 0.6 is 0 Å². The van der Waals surface area contributed by atoms with Crippen LogP contribution in [0.2, 0.25) is 0 Å². The molecule has 5 aromatic rings. The van der Waals surface area contributed by atoms with Gasteiger partial charge in [0.15, 0.2) is 0 Å². The fourth-order valence-electron chi connectivity index (χ4n) is 12.9. The smallest absolute Gasteiger partial charge is 0.326 e. The Balaban J connectivity index is 1.04. The lowest BCUT2D eigenvalue weighted by Crippen LogP contribution is -2.61. The number of likely N-dealkylation sites (tertiary alicyclic amines) is 2. The molecule has 0 saturated carbocycles. The van der Waals surface area contributed by atoms with E-state index in [2.05, 4.69) is 42.5 Å². The topological polar surface area (TPSA) is 353 Å². The number of hydrogen-bond donors (Lipinski definition) is 10. The zero-order valence-corrected chi connectivity index (χ0v) is 57.6. The van der Waals surface area contributed by atoms with Crippen molar-refractivity contribution in [2.45, 2.75) is 166 Å². The van der Waals surface area contributed by atoms with E-state index in [1.807, 2.05) is 48.5 Å². The molecule has 7 heterocycles. The standard InChI is InChI=1S/C74H91N11O15/c1-9-55(78-63(86)42(2)75-7)69(92)85-41-54-38-61(85)70(93)83-39-51-19-13-12-18-50(51)36-59(83)67(90)81-58(73(97)98)33-44-20-26-48(27-21-44)65(88)77-52-37-60(84(40-52)71(94)62(74(4,5)6)82-64(87)43(3)76-8)68(91)79-56(35-46-22-25-47-16-10-11-17-49(47)32-46)66(89)80-57(72(95)96)34-45-23-28-53(29-24-45)99-30-14-15-31-100-54/h10-29,32,42-43,52,54-62,75-76H,9,30-31,33-41H2,1-8H3,(H,77,88)(H,78,86)(H,79,91)(H,80,89)(H,81,90)(H,82,87)(H,95,96)(H,97,98)/b15-14+/t42-,43-,52-,54-,55-,56-,57-,58-,59-,60-,61?,62+/m0/s1. The molecule has 0 radical (unpaired) electrons. The number of rotatable bonds is 13. The second-order valence-corrected chi connectivity index (χ2v) is 27.1. The van der Waals surface area contributed by atoms with E-state index in [1.54, 1.807) is 110 Å². The van der Waals surface area contributed by atoms with Gasteiger partial charge in [0.2, 0.25) is 47.3 Å². The van der Waals surface area contributed by atoms with Crippen molar-refractivity contribution in [2.75, 3.05) is 40.4 Å². The van der Waals surface area contributed by atoms with Gasteiger partial charge in [-0.2, -0.15) is 0 Å². The van der Waals surface area contributed by atoms with Crippen molar-refractivity contribution in [3.8, 4) is 5.75 Å². The van der Waals surface area contributed by atoms with Gasteiger partial charge in [-0.3, -0.25) is 43.2 Å². The Morgan fingerprint density at radius 1 is 0.610 bits per heavy atom. The highest BCUT2D eigenvalue weighted by Crippen LogP contribution is 2.32. The molecule has 10 N–H and O–H groups in total. The Morgan fingerprint density at radius 2 is 1.19 bits per heavy atom. The van der Waals surface area contributed by atoms with Gasteiger partial charge >= 0.3 is 11.9 Å². The van der Waals surface area contributed by atoms with Crippen molar-refractivity contribution >= 4 is 75.9 Å². The Bertz CT molecular complexity index is 3880. The minimum atomic E-state index is -1.54. The largest absolute Gasteiger partial charge is 0.490 e. The minimum Gasteiger partial charge on any atom is -0.490 e. The van der Waals surface area contributed by atoms with Crippen LogP contribution in [0.5, 0.6) is 5.75 Å². The van der Waals surface area contributed by atoms with Crippen molar-refractivity contribution in [3.05, 3.63) is 161 Å². The van der Waals surface area contributed by atoms with Crippen molar-refractivity contribution < 1.29 is 72.4 Å². The lowest BCUT2D eigenvalue weighted by Gasteiger charge is -2.39. The monoisotopic (exact) mass is 1370 g/mol. The first-order chi connectivity index (χ1) is 47.7. The van der Waals surface area contributed by atoms with Crippen molar-refractivity contribution in [1.82, 2.24) is 57.2 Å². The molecule has 0 spiro atoms. The molecule has 0 aromatic heterocycles. The molecule has 1 unspecified atom stereocenters. The number of nitrogens with one attached hydrogen (secondary N) is 8. The maximum absolute atomic E-state index is 15.3.